The van der Waals surface area contributed by atoms with Gasteiger partial charge in [0.2, 0.25) is 0 Å². The molecule has 1 aliphatic carbocycles. The molecule has 2 aliphatic rings. The quantitative estimate of drug-likeness (QED) is 0.595. The van der Waals surface area contributed by atoms with E-state index < -0.39 is 0 Å². The summed E-state index contributed by atoms with van der Waals surface area (Å²) in [5.74, 6) is 2.20. The lowest BCUT2D eigenvalue weighted by molar-refractivity contribution is 0.124. The summed E-state index contributed by atoms with van der Waals surface area (Å²) < 4.78 is 6.08. The van der Waals surface area contributed by atoms with Crippen molar-refractivity contribution in [3.63, 3.8) is 0 Å². The highest BCUT2D eigenvalue weighted by atomic mass is 16.5. The third kappa shape index (κ3) is 2.77. The maximum absolute atomic E-state index is 6.08. The van der Waals surface area contributed by atoms with Crippen LogP contribution in [0.4, 0.5) is 0 Å². The first-order valence-electron chi connectivity index (χ1n) is 8.68. The number of ether oxygens (including phenoxy) is 1. The highest BCUT2D eigenvalue weighted by molar-refractivity contribution is 5.50. The second-order valence-electron chi connectivity index (χ2n) is 5.41. The van der Waals surface area contributed by atoms with Crippen LogP contribution >= 0.6 is 0 Å². The predicted molar refractivity (Wildman–Crippen MR) is 94.7 cm³/mol. The molecular formula is C21H28O. The second kappa shape index (κ2) is 7.49. The maximum Gasteiger partial charge on any atom is 0.123 e. The van der Waals surface area contributed by atoms with Crippen LogP contribution in [0.25, 0.3) is 0 Å². The van der Waals surface area contributed by atoms with E-state index in [1.807, 2.05) is 27.7 Å². The molecule has 3 unspecified atom stereocenters. The van der Waals surface area contributed by atoms with Crippen LogP contribution in [0.15, 0.2) is 48.5 Å². The Labute approximate surface area is 135 Å². The van der Waals surface area contributed by atoms with E-state index in [0.717, 1.165) is 12.2 Å². The first kappa shape index (κ1) is 16.6. The predicted octanol–water partition coefficient (Wildman–Crippen LogP) is 5.82. The Morgan fingerprint density at radius 3 is 2.14 bits per heavy atom. The van der Waals surface area contributed by atoms with Gasteiger partial charge in [0, 0.05) is 17.4 Å². The molecule has 0 fully saturated rings. The first-order valence-corrected chi connectivity index (χ1v) is 8.68. The Balaban J connectivity index is 0.000000410. The van der Waals surface area contributed by atoms with Crippen molar-refractivity contribution in [2.45, 2.75) is 53.1 Å². The van der Waals surface area contributed by atoms with Crippen molar-refractivity contribution in [1.82, 2.24) is 0 Å². The van der Waals surface area contributed by atoms with Crippen molar-refractivity contribution in [2.24, 2.45) is 5.92 Å². The van der Waals surface area contributed by atoms with Crippen LogP contribution in [-0.4, -0.2) is 6.10 Å². The van der Waals surface area contributed by atoms with Crippen molar-refractivity contribution in [3.05, 3.63) is 65.2 Å². The summed E-state index contributed by atoms with van der Waals surface area (Å²) in [7, 11) is 0. The zero-order valence-corrected chi connectivity index (χ0v) is 14.5. The van der Waals surface area contributed by atoms with Gasteiger partial charge in [0.25, 0.3) is 0 Å². The van der Waals surface area contributed by atoms with E-state index in [4.69, 9.17) is 4.74 Å². The van der Waals surface area contributed by atoms with Crippen LogP contribution in [0.2, 0.25) is 0 Å². The van der Waals surface area contributed by atoms with E-state index in [-0.39, 0.29) is 0 Å². The SMILES string of the molecule is CC.CC.CC1Oc2ccccc2C2c3ccccc3CC12. The molecular weight excluding hydrogens is 268 g/mol. The fourth-order valence-electron chi connectivity index (χ4n) is 3.59. The Bertz CT molecular complexity index is 602. The molecule has 0 spiro atoms. The van der Waals surface area contributed by atoms with Crippen LogP contribution in [0.3, 0.4) is 0 Å². The van der Waals surface area contributed by atoms with Crippen LogP contribution < -0.4 is 4.74 Å². The summed E-state index contributed by atoms with van der Waals surface area (Å²) in [4.78, 5) is 0. The number of hydrogen-bond donors (Lipinski definition) is 0. The van der Waals surface area contributed by atoms with Crippen molar-refractivity contribution < 1.29 is 4.74 Å². The summed E-state index contributed by atoms with van der Waals surface area (Å²) in [6.45, 7) is 10.2. The minimum Gasteiger partial charge on any atom is -0.490 e. The van der Waals surface area contributed by atoms with E-state index in [1.165, 1.54) is 16.7 Å². The van der Waals surface area contributed by atoms with E-state index in [2.05, 4.69) is 55.5 Å². The van der Waals surface area contributed by atoms with Crippen molar-refractivity contribution in [3.8, 4) is 5.75 Å². The average Bonchev–Trinajstić information content (AvgIpc) is 2.99. The molecule has 3 atom stereocenters. The first-order chi connectivity index (χ1) is 10.8. The number of fused-ring (bicyclic) bond motifs is 5. The fraction of sp³-hybridized carbons (Fsp3) is 0.429. The molecule has 22 heavy (non-hydrogen) atoms. The molecule has 0 radical (unpaired) electrons. The van der Waals surface area contributed by atoms with Gasteiger partial charge in [-0.2, -0.15) is 0 Å². The Kier molecular flexibility index (Phi) is 5.65. The Morgan fingerprint density at radius 1 is 0.818 bits per heavy atom. The van der Waals surface area contributed by atoms with E-state index in [9.17, 15) is 0 Å². The molecule has 1 heterocycles. The van der Waals surface area contributed by atoms with Crippen LogP contribution in [-0.2, 0) is 6.42 Å². The van der Waals surface area contributed by atoms with Gasteiger partial charge >= 0.3 is 0 Å². The van der Waals surface area contributed by atoms with Crippen molar-refractivity contribution >= 4 is 0 Å². The molecule has 0 amide bonds. The van der Waals surface area contributed by atoms with E-state index >= 15 is 0 Å². The third-order valence-electron chi connectivity index (χ3n) is 4.44. The standard InChI is InChI=1S/C17H16O.2C2H6/c1-11-15-10-12-6-2-3-7-13(12)17(15)14-8-4-5-9-16(14)18-11;2*1-2/h2-9,11,15,17H,10H2,1H3;2*1-2H3. The molecule has 1 nitrogen and oxygen atoms in total. The number of hydrogen-bond acceptors (Lipinski definition) is 1. The van der Waals surface area contributed by atoms with Crippen LogP contribution in [0.5, 0.6) is 5.75 Å². The summed E-state index contributed by atoms with van der Waals surface area (Å²) in [6, 6.07) is 17.4. The van der Waals surface area contributed by atoms with Gasteiger partial charge in [0.15, 0.2) is 0 Å². The molecule has 1 aliphatic heterocycles. The summed E-state index contributed by atoms with van der Waals surface area (Å²) in [5.41, 5.74) is 4.37. The highest BCUT2D eigenvalue weighted by Gasteiger charge is 2.41. The van der Waals surface area contributed by atoms with Gasteiger partial charge in [-0.1, -0.05) is 70.2 Å². The topological polar surface area (TPSA) is 9.23 Å². The molecule has 2 aromatic carbocycles. The molecule has 4 rings (SSSR count). The lowest BCUT2D eigenvalue weighted by Crippen LogP contribution is -2.32. The third-order valence-corrected chi connectivity index (χ3v) is 4.44. The minimum atomic E-state index is 0.303. The summed E-state index contributed by atoms with van der Waals surface area (Å²) >= 11 is 0. The summed E-state index contributed by atoms with van der Waals surface area (Å²) in [5, 5.41) is 0. The maximum atomic E-state index is 6.08. The second-order valence-corrected chi connectivity index (χ2v) is 5.41. The molecule has 0 N–H and O–H groups in total. The molecule has 0 bridgehead atoms. The highest BCUT2D eigenvalue weighted by Crippen LogP contribution is 2.50. The van der Waals surface area contributed by atoms with Gasteiger partial charge in [0.1, 0.15) is 5.75 Å². The zero-order valence-electron chi connectivity index (χ0n) is 14.5. The van der Waals surface area contributed by atoms with Crippen molar-refractivity contribution in [1.29, 1.82) is 0 Å². The molecule has 2 aromatic rings. The van der Waals surface area contributed by atoms with Gasteiger partial charge in [-0.15, -0.1) is 0 Å². The molecule has 0 saturated carbocycles. The van der Waals surface area contributed by atoms with Gasteiger partial charge in [0.05, 0.1) is 6.10 Å². The smallest absolute Gasteiger partial charge is 0.123 e. The number of rotatable bonds is 0. The van der Waals surface area contributed by atoms with Crippen molar-refractivity contribution in [2.75, 3.05) is 0 Å². The normalized spacial score (nSPS) is 23.4. The zero-order chi connectivity index (χ0) is 16.1. The lowest BCUT2D eigenvalue weighted by atomic mass is 9.81. The average molecular weight is 296 g/mol. The Hall–Kier alpha value is -1.76. The molecule has 118 valence electrons. The van der Waals surface area contributed by atoms with E-state index in [1.54, 1.807) is 0 Å². The Morgan fingerprint density at radius 2 is 1.41 bits per heavy atom. The monoisotopic (exact) mass is 296 g/mol. The van der Waals surface area contributed by atoms with Gasteiger partial charge in [-0.3, -0.25) is 0 Å². The number of benzene rings is 2. The molecule has 1 heteroatoms. The van der Waals surface area contributed by atoms with Gasteiger partial charge < -0.3 is 4.74 Å². The van der Waals surface area contributed by atoms with E-state index in [0.29, 0.717) is 17.9 Å². The van der Waals surface area contributed by atoms with Crippen LogP contribution in [0.1, 0.15) is 57.2 Å². The summed E-state index contributed by atoms with van der Waals surface area (Å²) in [6.07, 6.45) is 1.45. The molecule has 0 aromatic heterocycles. The van der Waals surface area contributed by atoms with Gasteiger partial charge in [-0.25, -0.2) is 0 Å². The largest absolute Gasteiger partial charge is 0.490 e. The fourth-order valence-corrected chi connectivity index (χ4v) is 3.59. The minimum absolute atomic E-state index is 0.303. The lowest BCUT2D eigenvalue weighted by Gasteiger charge is -2.34. The molecule has 0 saturated heterocycles. The van der Waals surface area contributed by atoms with Gasteiger partial charge in [-0.05, 0) is 30.5 Å². The number of para-hydroxylation sites is 1. The van der Waals surface area contributed by atoms with Crippen LogP contribution in [0, 0.1) is 5.92 Å².